The van der Waals surface area contributed by atoms with Crippen LogP contribution in [0, 0.1) is 0 Å². The van der Waals surface area contributed by atoms with E-state index in [1.807, 2.05) is 24.3 Å². The van der Waals surface area contributed by atoms with Gasteiger partial charge in [0.05, 0.1) is 34.3 Å². The van der Waals surface area contributed by atoms with Gasteiger partial charge in [-0.25, -0.2) is 0 Å². The molecule has 150 valence electrons. The van der Waals surface area contributed by atoms with Gasteiger partial charge in [0.2, 0.25) is 11.8 Å². The van der Waals surface area contributed by atoms with Gasteiger partial charge >= 0.3 is 0 Å². The van der Waals surface area contributed by atoms with E-state index in [1.165, 1.54) is 7.11 Å². The second-order valence-electron chi connectivity index (χ2n) is 6.05. The van der Waals surface area contributed by atoms with Crippen molar-refractivity contribution >= 4 is 11.8 Å². The van der Waals surface area contributed by atoms with E-state index in [0.29, 0.717) is 24.5 Å². The molecule has 0 aliphatic rings. The molecular formula is C21H26N2O5. The number of benzene rings is 2. The highest BCUT2D eigenvalue weighted by Crippen LogP contribution is 2.27. The molecule has 0 aliphatic carbocycles. The second-order valence-corrected chi connectivity index (χ2v) is 6.05. The van der Waals surface area contributed by atoms with Crippen LogP contribution in [-0.4, -0.2) is 46.2 Å². The van der Waals surface area contributed by atoms with Crippen molar-refractivity contribution in [1.29, 1.82) is 0 Å². The van der Waals surface area contributed by atoms with Crippen LogP contribution in [0.3, 0.4) is 0 Å². The standard InChI is InChI=1S/C21H26N2O5/c1-26-17-7-5-4-6-16(17)10-11-22-21(25)14-23-20(24)13-15-8-9-18(27-2)19(12-15)28-3/h4-9,12H,10-11,13-14H2,1-3H3,(H,22,25)(H,23,24). The lowest BCUT2D eigenvalue weighted by molar-refractivity contribution is -0.125. The van der Waals surface area contributed by atoms with Crippen molar-refractivity contribution in [2.45, 2.75) is 12.8 Å². The molecule has 0 spiro atoms. The average molecular weight is 386 g/mol. The van der Waals surface area contributed by atoms with Crippen LogP contribution in [0.2, 0.25) is 0 Å². The summed E-state index contributed by atoms with van der Waals surface area (Å²) in [5.74, 6) is 1.46. The lowest BCUT2D eigenvalue weighted by atomic mass is 10.1. The molecular weight excluding hydrogens is 360 g/mol. The summed E-state index contributed by atoms with van der Waals surface area (Å²) in [7, 11) is 4.71. The van der Waals surface area contributed by atoms with Gasteiger partial charge in [0, 0.05) is 6.54 Å². The Morgan fingerprint density at radius 3 is 2.25 bits per heavy atom. The Balaban J connectivity index is 1.74. The van der Waals surface area contributed by atoms with Gasteiger partial charge in [-0.15, -0.1) is 0 Å². The molecule has 28 heavy (non-hydrogen) atoms. The molecule has 0 radical (unpaired) electrons. The van der Waals surface area contributed by atoms with Crippen molar-refractivity contribution in [3.05, 3.63) is 53.6 Å². The second kappa shape index (κ2) is 10.8. The zero-order chi connectivity index (χ0) is 20.4. The van der Waals surface area contributed by atoms with Crippen LogP contribution in [0.15, 0.2) is 42.5 Å². The fourth-order valence-corrected chi connectivity index (χ4v) is 2.73. The van der Waals surface area contributed by atoms with Crippen LogP contribution in [0.1, 0.15) is 11.1 Å². The normalized spacial score (nSPS) is 10.1. The van der Waals surface area contributed by atoms with Crippen LogP contribution in [0.25, 0.3) is 0 Å². The van der Waals surface area contributed by atoms with Crippen LogP contribution in [0.5, 0.6) is 17.2 Å². The van der Waals surface area contributed by atoms with Crippen LogP contribution < -0.4 is 24.8 Å². The largest absolute Gasteiger partial charge is 0.496 e. The molecule has 0 atom stereocenters. The summed E-state index contributed by atoms with van der Waals surface area (Å²) in [4.78, 5) is 24.0. The molecule has 7 heteroatoms. The van der Waals surface area contributed by atoms with E-state index < -0.39 is 0 Å². The van der Waals surface area contributed by atoms with Gasteiger partial charge in [-0.3, -0.25) is 9.59 Å². The van der Waals surface area contributed by atoms with Crippen LogP contribution >= 0.6 is 0 Å². The van der Waals surface area contributed by atoms with Gasteiger partial charge in [-0.2, -0.15) is 0 Å². The highest BCUT2D eigenvalue weighted by molar-refractivity contribution is 5.85. The smallest absolute Gasteiger partial charge is 0.239 e. The lowest BCUT2D eigenvalue weighted by Gasteiger charge is -2.11. The summed E-state index contributed by atoms with van der Waals surface area (Å²) in [6.45, 7) is 0.392. The van der Waals surface area contributed by atoms with E-state index >= 15 is 0 Å². The predicted molar refractivity (Wildman–Crippen MR) is 106 cm³/mol. The SMILES string of the molecule is COc1ccccc1CCNC(=O)CNC(=O)Cc1ccc(OC)c(OC)c1. The highest BCUT2D eigenvalue weighted by atomic mass is 16.5. The number of carbonyl (C=O) groups excluding carboxylic acids is 2. The lowest BCUT2D eigenvalue weighted by Crippen LogP contribution is -2.38. The van der Waals surface area contributed by atoms with E-state index in [2.05, 4.69) is 10.6 Å². The number of rotatable bonds is 10. The maximum absolute atomic E-state index is 12.1. The number of methoxy groups -OCH3 is 3. The number of para-hydroxylation sites is 1. The van der Waals surface area contributed by atoms with Gasteiger partial charge in [-0.1, -0.05) is 24.3 Å². The molecule has 7 nitrogen and oxygen atoms in total. The Bertz CT molecular complexity index is 807. The Kier molecular flexibility index (Phi) is 8.14. The van der Waals surface area contributed by atoms with Crippen LogP contribution in [0.4, 0.5) is 0 Å². The zero-order valence-corrected chi connectivity index (χ0v) is 16.4. The maximum atomic E-state index is 12.1. The van der Waals surface area contributed by atoms with Gasteiger partial charge in [-0.05, 0) is 35.7 Å². The first-order valence-electron chi connectivity index (χ1n) is 8.93. The zero-order valence-electron chi connectivity index (χ0n) is 16.4. The Morgan fingerprint density at radius 1 is 0.821 bits per heavy atom. The van der Waals surface area contributed by atoms with Crippen molar-refractivity contribution in [3.63, 3.8) is 0 Å². The van der Waals surface area contributed by atoms with Crippen molar-refractivity contribution in [2.75, 3.05) is 34.4 Å². The first kappa shape index (κ1) is 21.1. The summed E-state index contributed by atoms with van der Waals surface area (Å²) < 4.78 is 15.7. The van der Waals surface area contributed by atoms with E-state index in [4.69, 9.17) is 14.2 Å². The summed E-state index contributed by atoms with van der Waals surface area (Å²) in [6.07, 6.45) is 0.796. The topological polar surface area (TPSA) is 85.9 Å². The molecule has 0 saturated carbocycles. The third-order valence-corrected chi connectivity index (χ3v) is 4.17. The minimum Gasteiger partial charge on any atom is -0.496 e. The van der Waals surface area contributed by atoms with Crippen molar-refractivity contribution in [3.8, 4) is 17.2 Å². The molecule has 0 saturated heterocycles. The van der Waals surface area contributed by atoms with Gasteiger partial charge in [0.1, 0.15) is 5.75 Å². The summed E-state index contributed by atoms with van der Waals surface area (Å²) in [5.41, 5.74) is 1.79. The molecule has 2 amide bonds. The fourth-order valence-electron chi connectivity index (χ4n) is 2.73. The van der Waals surface area contributed by atoms with Crippen LogP contribution in [-0.2, 0) is 22.4 Å². The number of hydrogen-bond acceptors (Lipinski definition) is 5. The molecule has 0 aromatic heterocycles. The maximum Gasteiger partial charge on any atom is 0.239 e. The van der Waals surface area contributed by atoms with Gasteiger partial charge in [0.25, 0.3) is 0 Å². The Labute approximate surface area is 165 Å². The summed E-state index contributed by atoms with van der Waals surface area (Å²) >= 11 is 0. The van der Waals surface area contributed by atoms with Crippen molar-refractivity contribution in [1.82, 2.24) is 10.6 Å². The third-order valence-electron chi connectivity index (χ3n) is 4.17. The first-order valence-corrected chi connectivity index (χ1v) is 8.93. The molecule has 2 rings (SSSR count). The van der Waals surface area contributed by atoms with E-state index in [1.54, 1.807) is 32.4 Å². The number of ether oxygens (including phenoxy) is 3. The number of carbonyl (C=O) groups is 2. The molecule has 0 bridgehead atoms. The minimum absolute atomic E-state index is 0.0714. The fraction of sp³-hybridized carbons (Fsp3) is 0.333. The highest BCUT2D eigenvalue weighted by Gasteiger charge is 2.10. The van der Waals surface area contributed by atoms with Gasteiger partial charge < -0.3 is 24.8 Å². The number of hydrogen-bond donors (Lipinski definition) is 2. The predicted octanol–water partition coefficient (Wildman–Crippen LogP) is 1.73. The molecule has 2 aromatic carbocycles. The van der Waals surface area contributed by atoms with Gasteiger partial charge in [0.15, 0.2) is 11.5 Å². The van der Waals surface area contributed by atoms with Crippen molar-refractivity contribution < 1.29 is 23.8 Å². The summed E-state index contributed by atoms with van der Waals surface area (Å²) in [6, 6.07) is 12.9. The Morgan fingerprint density at radius 2 is 1.54 bits per heavy atom. The average Bonchev–Trinajstić information content (AvgIpc) is 2.72. The molecule has 0 fully saturated rings. The molecule has 0 heterocycles. The third kappa shape index (κ3) is 6.19. The molecule has 2 aromatic rings. The summed E-state index contributed by atoms with van der Waals surface area (Å²) in [5, 5.41) is 5.41. The van der Waals surface area contributed by atoms with E-state index in [-0.39, 0.29) is 24.8 Å². The van der Waals surface area contributed by atoms with E-state index in [0.717, 1.165) is 16.9 Å². The van der Waals surface area contributed by atoms with E-state index in [9.17, 15) is 9.59 Å². The Hall–Kier alpha value is -3.22. The monoisotopic (exact) mass is 386 g/mol. The molecule has 2 N–H and O–H groups in total. The number of amides is 2. The van der Waals surface area contributed by atoms with Crippen molar-refractivity contribution in [2.24, 2.45) is 0 Å². The molecule has 0 unspecified atom stereocenters. The quantitative estimate of drug-likeness (QED) is 0.650. The minimum atomic E-state index is -0.243. The number of nitrogens with one attached hydrogen (secondary N) is 2. The first-order chi connectivity index (χ1) is 13.6. The molecule has 0 aliphatic heterocycles.